The minimum atomic E-state index is -0.176. The van der Waals surface area contributed by atoms with Gasteiger partial charge in [0.1, 0.15) is 11.9 Å². The first-order valence-corrected chi connectivity index (χ1v) is 6.71. The van der Waals surface area contributed by atoms with Crippen LogP contribution >= 0.6 is 0 Å². The van der Waals surface area contributed by atoms with Gasteiger partial charge in [-0.15, -0.1) is 0 Å². The SMILES string of the molecule is COc1ccccc1C(CN=C(N)N(C)C)OC(C)C. The second kappa shape index (κ2) is 7.75. The molecule has 0 saturated carbocycles. The molecule has 0 heterocycles. The Balaban J connectivity index is 2.97. The molecule has 1 atom stereocenters. The number of hydrogen-bond acceptors (Lipinski definition) is 3. The maximum absolute atomic E-state index is 5.95. The van der Waals surface area contributed by atoms with E-state index in [0.29, 0.717) is 12.5 Å². The standard InChI is InChI=1S/C15H25N3O2/c1-11(2)20-14(10-17-15(16)18(3)4)12-8-6-7-9-13(12)19-5/h6-9,11,14H,10H2,1-5H3,(H2,16,17). The van der Waals surface area contributed by atoms with Crippen LogP contribution in [0.5, 0.6) is 5.75 Å². The summed E-state index contributed by atoms with van der Waals surface area (Å²) in [4.78, 5) is 6.14. The number of benzene rings is 1. The van der Waals surface area contributed by atoms with Gasteiger partial charge in [0, 0.05) is 19.7 Å². The average Bonchev–Trinajstić information content (AvgIpc) is 2.42. The number of nitrogens with two attached hydrogens (primary N) is 1. The molecule has 1 unspecified atom stereocenters. The van der Waals surface area contributed by atoms with E-state index in [1.165, 1.54) is 0 Å². The summed E-state index contributed by atoms with van der Waals surface area (Å²) in [6.07, 6.45) is -0.0784. The van der Waals surface area contributed by atoms with E-state index in [1.54, 1.807) is 12.0 Å². The summed E-state index contributed by atoms with van der Waals surface area (Å²) in [6.45, 7) is 4.46. The van der Waals surface area contributed by atoms with Crippen LogP contribution in [0.2, 0.25) is 0 Å². The minimum absolute atomic E-state index is 0.0979. The molecule has 0 fully saturated rings. The molecule has 0 aliphatic heterocycles. The first kappa shape index (κ1) is 16.3. The van der Waals surface area contributed by atoms with E-state index in [0.717, 1.165) is 11.3 Å². The number of guanidine groups is 1. The van der Waals surface area contributed by atoms with Crippen LogP contribution in [0.25, 0.3) is 0 Å². The van der Waals surface area contributed by atoms with E-state index in [9.17, 15) is 0 Å². The number of aliphatic imine (C=N–C) groups is 1. The van der Waals surface area contributed by atoms with Gasteiger partial charge < -0.3 is 20.1 Å². The van der Waals surface area contributed by atoms with Crippen LogP contribution in [0.3, 0.4) is 0 Å². The minimum Gasteiger partial charge on any atom is -0.496 e. The number of ether oxygens (including phenoxy) is 2. The highest BCUT2D eigenvalue weighted by Gasteiger charge is 2.18. The van der Waals surface area contributed by atoms with Crippen molar-refractivity contribution in [3.63, 3.8) is 0 Å². The molecule has 0 saturated heterocycles. The molecule has 0 aromatic heterocycles. The van der Waals surface area contributed by atoms with Gasteiger partial charge in [-0.05, 0) is 19.9 Å². The van der Waals surface area contributed by atoms with Crippen LogP contribution in [0.1, 0.15) is 25.5 Å². The Labute approximate surface area is 121 Å². The molecule has 0 aliphatic carbocycles. The zero-order valence-corrected chi connectivity index (χ0v) is 13.0. The molecule has 0 amide bonds. The molecule has 1 rings (SSSR count). The van der Waals surface area contributed by atoms with Crippen LogP contribution in [-0.4, -0.2) is 44.7 Å². The number of methoxy groups -OCH3 is 1. The largest absolute Gasteiger partial charge is 0.496 e. The van der Waals surface area contributed by atoms with Crippen molar-refractivity contribution in [3.8, 4) is 5.75 Å². The molecular formula is C15H25N3O2. The number of nitrogens with zero attached hydrogens (tertiary/aromatic N) is 2. The Morgan fingerprint density at radius 1 is 1.30 bits per heavy atom. The average molecular weight is 279 g/mol. The summed E-state index contributed by atoms with van der Waals surface area (Å²) in [5, 5.41) is 0. The van der Waals surface area contributed by atoms with Crippen LogP contribution in [0.4, 0.5) is 0 Å². The van der Waals surface area contributed by atoms with Crippen molar-refractivity contribution in [2.45, 2.75) is 26.1 Å². The predicted octanol–water partition coefficient (Wildman–Crippen LogP) is 2.04. The highest BCUT2D eigenvalue weighted by Crippen LogP contribution is 2.28. The second-order valence-corrected chi connectivity index (χ2v) is 5.01. The lowest BCUT2D eigenvalue weighted by Crippen LogP contribution is -2.31. The van der Waals surface area contributed by atoms with Crippen LogP contribution in [-0.2, 0) is 4.74 Å². The molecule has 0 spiro atoms. The molecule has 20 heavy (non-hydrogen) atoms. The Bertz CT molecular complexity index is 444. The maximum Gasteiger partial charge on any atom is 0.190 e. The Morgan fingerprint density at radius 3 is 2.50 bits per heavy atom. The van der Waals surface area contributed by atoms with Crippen LogP contribution in [0, 0.1) is 0 Å². The maximum atomic E-state index is 5.95. The van der Waals surface area contributed by atoms with Crippen molar-refractivity contribution in [1.82, 2.24) is 4.90 Å². The molecule has 0 radical (unpaired) electrons. The van der Waals surface area contributed by atoms with E-state index >= 15 is 0 Å². The third kappa shape index (κ3) is 4.74. The first-order chi connectivity index (χ1) is 9.45. The number of para-hydroxylation sites is 1. The van der Waals surface area contributed by atoms with Crippen molar-refractivity contribution >= 4 is 5.96 Å². The quantitative estimate of drug-likeness (QED) is 0.639. The van der Waals surface area contributed by atoms with Crippen LogP contribution < -0.4 is 10.5 Å². The van der Waals surface area contributed by atoms with Crippen molar-refractivity contribution in [3.05, 3.63) is 29.8 Å². The monoisotopic (exact) mass is 279 g/mol. The first-order valence-electron chi connectivity index (χ1n) is 6.71. The van der Waals surface area contributed by atoms with Gasteiger partial charge in [-0.3, -0.25) is 4.99 Å². The fourth-order valence-corrected chi connectivity index (χ4v) is 1.79. The summed E-state index contributed by atoms with van der Waals surface area (Å²) in [7, 11) is 5.38. The molecular weight excluding hydrogens is 254 g/mol. The van der Waals surface area contributed by atoms with E-state index in [-0.39, 0.29) is 12.2 Å². The van der Waals surface area contributed by atoms with E-state index < -0.39 is 0 Å². The summed E-state index contributed by atoms with van der Waals surface area (Å²) in [5.74, 6) is 1.29. The third-order valence-corrected chi connectivity index (χ3v) is 2.80. The number of rotatable bonds is 6. The van der Waals surface area contributed by atoms with Gasteiger partial charge in [0.25, 0.3) is 0 Å². The van der Waals surface area contributed by atoms with Crippen LogP contribution in [0.15, 0.2) is 29.3 Å². The Hall–Kier alpha value is -1.75. The predicted molar refractivity (Wildman–Crippen MR) is 82.1 cm³/mol. The molecule has 0 aliphatic rings. The van der Waals surface area contributed by atoms with Gasteiger partial charge in [-0.2, -0.15) is 0 Å². The van der Waals surface area contributed by atoms with Crippen molar-refractivity contribution in [1.29, 1.82) is 0 Å². The third-order valence-electron chi connectivity index (χ3n) is 2.80. The zero-order valence-electron chi connectivity index (χ0n) is 13.0. The second-order valence-electron chi connectivity index (χ2n) is 5.01. The van der Waals surface area contributed by atoms with Gasteiger partial charge >= 0.3 is 0 Å². The number of hydrogen-bond donors (Lipinski definition) is 1. The molecule has 112 valence electrons. The summed E-state index contributed by atoms with van der Waals surface area (Å²) < 4.78 is 11.3. The molecule has 1 aromatic rings. The van der Waals surface area contributed by atoms with E-state index in [2.05, 4.69) is 4.99 Å². The molecule has 1 aromatic carbocycles. The lowest BCUT2D eigenvalue weighted by Gasteiger charge is -2.22. The fourth-order valence-electron chi connectivity index (χ4n) is 1.79. The summed E-state index contributed by atoms with van der Waals surface area (Å²) >= 11 is 0. The van der Waals surface area contributed by atoms with Gasteiger partial charge in [0.05, 0.1) is 19.8 Å². The summed E-state index contributed by atoms with van der Waals surface area (Å²) in [6, 6.07) is 7.82. The van der Waals surface area contributed by atoms with Crippen molar-refractivity contribution in [2.75, 3.05) is 27.7 Å². The molecule has 5 heteroatoms. The molecule has 5 nitrogen and oxygen atoms in total. The highest BCUT2D eigenvalue weighted by molar-refractivity contribution is 5.77. The summed E-state index contributed by atoms with van der Waals surface area (Å²) in [5.41, 5.74) is 6.82. The smallest absolute Gasteiger partial charge is 0.190 e. The van der Waals surface area contributed by atoms with Gasteiger partial charge in [-0.1, -0.05) is 18.2 Å². The normalized spacial score (nSPS) is 13.4. The van der Waals surface area contributed by atoms with E-state index in [1.807, 2.05) is 52.2 Å². The zero-order chi connectivity index (χ0) is 15.1. The molecule has 2 N–H and O–H groups in total. The van der Waals surface area contributed by atoms with E-state index in [4.69, 9.17) is 15.2 Å². The lowest BCUT2D eigenvalue weighted by molar-refractivity contribution is 0.0109. The molecule has 0 bridgehead atoms. The Kier molecular flexibility index (Phi) is 6.31. The Morgan fingerprint density at radius 2 is 1.95 bits per heavy atom. The van der Waals surface area contributed by atoms with Gasteiger partial charge in [-0.25, -0.2) is 0 Å². The van der Waals surface area contributed by atoms with Gasteiger partial charge in [0.2, 0.25) is 0 Å². The van der Waals surface area contributed by atoms with Crippen molar-refractivity contribution < 1.29 is 9.47 Å². The lowest BCUT2D eigenvalue weighted by atomic mass is 10.1. The fraction of sp³-hybridized carbons (Fsp3) is 0.533. The topological polar surface area (TPSA) is 60.1 Å². The van der Waals surface area contributed by atoms with Crippen molar-refractivity contribution in [2.24, 2.45) is 10.7 Å². The van der Waals surface area contributed by atoms with Gasteiger partial charge in [0.15, 0.2) is 5.96 Å². The highest BCUT2D eigenvalue weighted by atomic mass is 16.5.